The molecule has 1 heterocycles. The predicted molar refractivity (Wildman–Crippen MR) is 64.0 cm³/mol. The molecule has 2 N–H and O–H groups in total. The van der Waals surface area contributed by atoms with E-state index in [9.17, 15) is 9.50 Å². The van der Waals surface area contributed by atoms with Crippen LogP contribution in [0.15, 0.2) is 18.3 Å². The first-order valence-electron chi connectivity index (χ1n) is 6.23. The van der Waals surface area contributed by atoms with E-state index in [-0.39, 0.29) is 18.0 Å². The van der Waals surface area contributed by atoms with E-state index in [0.717, 1.165) is 25.0 Å². The summed E-state index contributed by atoms with van der Waals surface area (Å²) in [5, 5.41) is 13.1. The molecule has 0 aliphatic heterocycles. The fraction of sp³-hybridized carbons (Fsp3) is 0.615. The van der Waals surface area contributed by atoms with Crippen molar-refractivity contribution in [1.82, 2.24) is 10.3 Å². The molecule has 2 unspecified atom stereocenters. The highest BCUT2D eigenvalue weighted by atomic mass is 19.1. The van der Waals surface area contributed by atoms with Gasteiger partial charge in [0.2, 0.25) is 0 Å². The van der Waals surface area contributed by atoms with Crippen LogP contribution in [0.25, 0.3) is 0 Å². The number of aromatic nitrogens is 1. The van der Waals surface area contributed by atoms with Crippen molar-refractivity contribution in [3.8, 4) is 0 Å². The maximum atomic E-state index is 12.8. The number of pyridine rings is 1. The van der Waals surface area contributed by atoms with Crippen LogP contribution < -0.4 is 5.32 Å². The fourth-order valence-corrected chi connectivity index (χ4v) is 1.96. The Labute approximate surface area is 101 Å². The summed E-state index contributed by atoms with van der Waals surface area (Å²) in [7, 11) is 0. The highest BCUT2D eigenvalue weighted by molar-refractivity contribution is 5.09. The lowest BCUT2D eigenvalue weighted by Gasteiger charge is -2.18. The van der Waals surface area contributed by atoms with Gasteiger partial charge in [0.05, 0.1) is 18.0 Å². The lowest BCUT2D eigenvalue weighted by Crippen LogP contribution is -2.31. The van der Waals surface area contributed by atoms with Gasteiger partial charge in [0.15, 0.2) is 0 Å². The molecule has 1 aliphatic carbocycles. The van der Waals surface area contributed by atoms with Crippen LogP contribution in [0.2, 0.25) is 0 Å². The Morgan fingerprint density at radius 2 is 2.29 bits per heavy atom. The van der Waals surface area contributed by atoms with E-state index in [1.807, 2.05) is 6.92 Å². The topological polar surface area (TPSA) is 45.1 Å². The van der Waals surface area contributed by atoms with E-state index in [1.54, 1.807) is 6.07 Å². The Morgan fingerprint density at radius 3 is 2.82 bits per heavy atom. The third-order valence-corrected chi connectivity index (χ3v) is 3.26. The van der Waals surface area contributed by atoms with Crippen LogP contribution >= 0.6 is 0 Å². The molecule has 0 spiro atoms. The average Bonchev–Trinajstić information content (AvgIpc) is 3.16. The minimum Gasteiger partial charge on any atom is -0.392 e. The zero-order valence-corrected chi connectivity index (χ0v) is 10.1. The summed E-state index contributed by atoms with van der Waals surface area (Å²) < 4.78 is 12.8. The minimum atomic E-state index is -0.318. The van der Waals surface area contributed by atoms with Crippen molar-refractivity contribution in [2.24, 2.45) is 5.92 Å². The lowest BCUT2D eigenvalue weighted by molar-refractivity contribution is 0.144. The molecule has 17 heavy (non-hydrogen) atoms. The maximum absolute atomic E-state index is 12.8. The van der Waals surface area contributed by atoms with Gasteiger partial charge in [-0.3, -0.25) is 4.98 Å². The minimum absolute atomic E-state index is 0.0870. The Kier molecular flexibility index (Phi) is 4.07. The number of hydrogen-bond acceptors (Lipinski definition) is 3. The van der Waals surface area contributed by atoms with Crippen molar-refractivity contribution in [2.75, 3.05) is 6.54 Å². The van der Waals surface area contributed by atoms with Crippen molar-refractivity contribution in [3.05, 3.63) is 29.8 Å². The van der Waals surface area contributed by atoms with Gasteiger partial charge in [-0.2, -0.15) is 0 Å². The van der Waals surface area contributed by atoms with Crippen molar-refractivity contribution in [3.63, 3.8) is 0 Å². The second kappa shape index (κ2) is 5.56. The van der Waals surface area contributed by atoms with Gasteiger partial charge in [0.25, 0.3) is 0 Å². The first-order chi connectivity index (χ1) is 8.20. The zero-order valence-electron chi connectivity index (χ0n) is 10.1. The van der Waals surface area contributed by atoms with Crippen molar-refractivity contribution in [1.29, 1.82) is 0 Å². The van der Waals surface area contributed by atoms with Gasteiger partial charge < -0.3 is 10.4 Å². The Bertz CT molecular complexity index is 351. The van der Waals surface area contributed by atoms with Gasteiger partial charge in [0.1, 0.15) is 5.82 Å². The molecular weight excluding hydrogens is 219 g/mol. The van der Waals surface area contributed by atoms with Crippen LogP contribution in [-0.2, 0) is 0 Å². The van der Waals surface area contributed by atoms with E-state index in [2.05, 4.69) is 10.3 Å². The van der Waals surface area contributed by atoms with Crippen molar-refractivity contribution >= 4 is 0 Å². The third-order valence-electron chi connectivity index (χ3n) is 3.26. The fourth-order valence-electron chi connectivity index (χ4n) is 1.96. The smallest absolute Gasteiger partial charge is 0.141 e. The quantitative estimate of drug-likeness (QED) is 0.797. The van der Waals surface area contributed by atoms with Gasteiger partial charge in [-0.15, -0.1) is 0 Å². The molecule has 0 amide bonds. The summed E-state index contributed by atoms with van der Waals surface area (Å²) in [4.78, 5) is 4.07. The molecule has 0 aromatic carbocycles. The van der Waals surface area contributed by atoms with Crippen molar-refractivity contribution in [2.45, 2.75) is 38.3 Å². The Balaban J connectivity index is 1.88. The van der Waals surface area contributed by atoms with E-state index in [4.69, 9.17) is 0 Å². The normalized spacial score (nSPS) is 19.0. The van der Waals surface area contributed by atoms with Crippen LogP contribution in [0.3, 0.4) is 0 Å². The summed E-state index contributed by atoms with van der Waals surface area (Å²) in [5.41, 5.74) is 0.830. The number of rotatable bonds is 6. The molecule has 0 radical (unpaired) electrons. The summed E-state index contributed by atoms with van der Waals surface area (Å²) in [6.45, 7) is 2.63. The predicted octanol–water partition coefficient (Wildman–Crippen LogP) is 2.03. The van der Waals surface area contributed by atoms with Gasteiger partial charge >= 0.3 is 0 Å². The first kappa shape index (κ1) is 12.5. The van der Waals surface area contributed by atoms with E-state index < -0.39 is 0 Å². The number of hydrogen-bond donors (Lipinski definition) is 2. The Morgan fingerprint density at radius 1 is 1.53 bits per heavy atom. The molecule has 1 saturated carbocycles. The summed E-state index contributed by atoms with van der Waals surface area (Å²) in [6.07, 6.45) is 4.11. The van der Waals surface area contributed by atoms with Crippen LogP contribution in [0.5, 0.6) is 0 Å². The molecule has 1 fully saturated rings. The number of nitrogens with zero attached hydrogens (tertiary/aromatic N) is 1. The number of nitrogens with one attached hydrogen (secondary N) is 1. The molecule has 4 heteroatoms. The average molecular weight is 238 g/mol. The van der Waals surface area contributed by atoms with Crippen LogP contribution in [0, 0.1) is 11.7 Å². The number of halogens is 1. The highest BCUT2D eigenvalue weighted by Gasteiger charge is 2.29. The molecule has 0 bridgehead atoms. The third kappa shape index (κ3) is 3.48. The molecule has 2 rings (SSSR count). The molecule has 1 aromatic rings. The van der Waals surface area contributed by atoms with Gasteiger partial charge in [-0.25, -0.2) is 4.39 Å². The molecule has 0 saturated heterocycles. The van der Waals surface area contributed by atoms with Crippen LogP contribution in [0.1, 0.15) is 37.9 Å². The van der Waals surface area contributed by atoms with Crippen LogP contribution in [0.4, 0.5) is 4.39 Å². The van der Waals surface area contributed by atoms with Gasteiger partial charge in [0, 0.05) is 12.6 Å². The first-order valence-corrected chi connectivity index (χ1v) is 6.23. The maximum Gasteiger partial charge on any atom is 0.141 e. The van der Waals surface area contributed by atoms with Crippen LogP contribution in [-0.4, -0.2) is 22.7 Å². The molecule has 2 atom stereocenters. The highest BCUT2D eigenvalue weighted by Crippen LogP contribution is 2.32. The zero-order chi connectivity index (χ0) is 12.3. The largest absolute Gasteiger partial charge is 0.392 e. The lowest BCUT2D eigenvalue weighted by atomic mass is 10.1. The van der Waals surface area contributed by atoms with Gasteiger partial charge in [-0.1, -0.05) is 6.92 Å². The molecular formula is C13H19FN2O. The monoisotopic (exact) mass is 238 g/mol. The summed E-state index contributed by atoms with van der Waals surface area (Å²) in [6, 6.07) is 3.20. The second-order valence-electron chi connectivity index (χ2n) is 4.68. The molecule has 3 nitrogen and oxygen atoms in total. The van der Waals surface area contributed by atoms with Gasteiger partial charge in [-0.05, 0) is 37.3 Å². The summed E-state index contributed by atoms with van der Waals surface area (Å²) >= 11 is 0. The second-order valence-corrected chi connectivity index (χ2v) is 4.68. The van der Waals surface area contributed by atoms with E-state index >= 15 is 0 Å². The SMILES string of the molecule is CCC(NCC(O)C1CC1)c1ccc(F)cn1. The number of aliphatic hydroxyl groups is 1. The van der Waals surface area contributed by atoms with E-state index in [0.29, 0.717) is 12.5 Å². The van der Waals surface area contributed by atoms with Crippen molar-refractivity contribution < 1.29 is 9.50 Å². The molecule has 1 aromatic heterocycles. The summed E-state index contributed by atoms with van der Waals surface area (Å²) in [5.74, 6) is 0.155. The molecule has 1 aliphatic rings. The molecule has 94 valence electrons. The Hall–Kier alpha value is -1.00. The number of aliphatic hydroxyl groups excluding tert-OH is 1. The van der Waals surface area contributed by atoms with E-state index in [1.165, 1.54) is 12.3 Å². The standard InChI is InChI=1S/C13H19FN2O/c1-2-11(12-6-5-10(14)7-15-12)16-8-13(17)9-3-4-9/h5-7,9,11,13,16-17H,2-4,8H2,1H3.